The average Bonchev–Trinajstić information content (AvgIpc) is 3.47. The summed E-state index contributed by atoms with van der Waals surface area (Å²) in [7, 11) is 0. The fraction of sp³-hybridized carbons (Fsp3) is 0.0455. The van der Waals surface area contributed by atoms with Gasteiger partial charge >= 0.3 is 0 Å². The highest BCUT2D eigenvalue weighted by Crippen LogP contribution is 2.33. The van der Waals surface area contributed by atoms with E-state index in [2.05, 4.69) is 20.5 Å². The maximum absolute atomic E-state index is 14.7. The minimum absolute atomic E-state index is 0.367. The molecule has 0 radical (unpaired) electrons. The summed E-state index contributed by atoms with van der Waals surface area (Å²) in [5.74, 6) is 0.597. The lowest BCUT2D eigenvalue weighted by Crippen LogP contribution is -2.03. The van der Waals surface area contributed by atoms with Gasteiger partial charge in [-0.1, -0.05) is 35.9 Å². The van der Waals surface area contributed by atoms with E-state index in [1.54, 1.807) is 29.1 Å². The second-order valence-electron chi connectivity index (χ2n) is 6.66. The zero-order valence-electron chi connectivity index (χ0n) is 15.9. The van der Waals surface area contributed by atoms with Gasteiger partial charge in [-0.15, -0.1) is 16.4 Å². The Bertz CT molecular complexity index is 1310. The van der Waals surface area contributed by atoms with Gasteiger partial charge in [0.15, 0.2) is 11.6 Å². The van der Waals surface area contributed by atoms with Crippen LogP contribution in [0.1, 0.15) is 5.56 Å². The van der Waals surface area contributed by atoms with Crippen LogP contribution in [0.5, 0.6) is 0 Å². The number of rotatable bonds is 4. The molecule has 0 saturated heterocycles. The Morgan fingerprint density at radius 1 is 0.933 bits per heavy atom. The number of nitrogens with zero attached hydrogens (tertiary/aromatic N) is 6. The Morgan fingerprint density at radius 3 is 2.53 bits per heavy atom. The summed E-state index contributed by atoms with van der Waals surface area (Å²) in [5, 5.41) is 14.1. The van der Waals surface area contributed by atoms with E-state index in [9.17, 15) is 4.39 Å². The molecule has 0 aliphatic carbocycles. The van der Waals surface area contributed by atoms with Crippen LogP contribution in [0.25, 0.3) is 39.0 Å². The van der Waals surface area contributed by atoms with Crippen molar-refractivity contribution >= 4 is 11.3 Å². The summed E-state index contributed by atoms with van der Waals surface area (Å²) in [6.45, 7) is 2.01. The molecule has 3 aromatic heterocycles. The molecule has 0 aliphatic rings. The quantitative estimate of drug-likeness (QED) is 0.416. The Hall–Kier alpha value is -3.78. The molecule has 0 atom stereocenters. The van der Waals surface area contributed by atoms with Gasteiger partial charge in [0.05, 0.1) is 21.8 Å². The van der Waals surface area contributed by atoms with Gasteiger partial charge in [-0.2, -0.15) is 4.68 Å². The molecule has 0 unspecified atom stereocenters. The zero-order valence-corrected chi connectivity index (χ0v) is 16.7. The van der Waals surface area contributed by atoms with Gasteiger partial charge in [0.25, 0.3) is 0 Å². The van der Waals surface area contributed by atoms with Crippen molar-refractivity contribution in [1.82, 2.24) is 30.2 Å². The van der Waals surface area contributed by atoms with Gasteiger partial charge in [-0.25, -0.2) is 14.4 Å². The van der Waals surface area contributed by atoms with Crippen molar-refractivity contribution in [3.05, 3.63) is 83.6 Å². The molecule has 8 heteroatoms. The van der Waals surface area contributed by atoms with E-state index in [0.29, 0.717) is 28.5 Å². The van der Waals surface area contributed by atoms with Crippen molar-refractivity contribution in [3.63, 3.8) is 0 Å². The Labute approximate surface area is 175 Å². The van der Waals surface area contributed by atoms with E-state index in [-0.39, 0.29) is 5.82 Å². The number of hydrogen-bond donors (Lipinski definition) is 0. The number of thiophene rings is 1. The summed E-state index contributed by atoms with van der Waals surface area (Å²) >= 11 is 1.52. The van der Waals surface area contributed by atoms with Gasteiger partial charge in [-0.05, 0) is 53.1 Å². The highest BCUT2D eigenvalue weighted by molar-refractivity contribution is 7.13. The van der Waals surface area contributed by atoms with Gasteiger partial charge in [0.1, 0.15) is 5.82 Å². The molecular weight excluding hydrogens is 399 g/mol. The fourth-order valence-electron chi connectivity index (χ4n) is 3.14. The molecule has 5 rings (SSSR count). The third-order valence-electron chi connectivity index (χ3n) is 4.65. The van der Waals surface area contributed by atoms with E-state index >= 15 is 0 Å². The van der Waals surface area contributed by atoms with E-state index < -0.39 is 0 Å². The van der Waals surface area contributed by atoms with Crippen molar-refractivity contribution in [3.8, 4) is 39.0 Å². The minimum Gasteiger partial charge on any atom is -0.235 e. The van der Waals surface area contributed by atoms with Crippen LogP contribution < -0.4 is 0 Å². The first-order valence-electron chi connectivity index (χ1n) is 9.22. The molecule has 3 heterocycles. The Balaban J connectivity index is 1.73. The third-order valence-corrected chi connectivity index (χ3v) is 5.51. The lowest BCUT2D eigenvalue weighted by Gasteiger charge is -2.11. The van der Waals surface area contributed by atoms with Crippen LogP contribution in [0, 0.1) is 12.7 Å². The van der Waals surface area contributed by atoms with Gasteiger partial charge in [0.2, 0.25) is 0 Å². The van der Waals surface area contributed by atoms with Crippen LogP contribution in [0.2, 0.25) is 0 Å². The normalized spacial score (nSPS) is 11.0. The van der Waals surface area contributed by atoms with E-state index in [1.807, 2.05) is 48.7 Å². The minimum atomic E-state index is -0.371. The number of aryl methyl sites for hydroxylation is 1. The van der Waals surface area contributed by atoms with Gasteiger partial charge in [-0.3, -0.25) is 0 Å². The first-order valence-corrected chi connectivity index (χ1v) is 10.1. The smallest absolute Gasteiger partial charge is 0.190 e. The molecular formula is C22H15FN6S. The van der Waals surface area contributed by atoms with Crippen molar-refractivity contribution in [2.45, 2.75) is 6.92 Å². The van der Waals surface area contributed by atoms with Gasteiger partial charge in [0, 0.05) is 11.8 Å². The molecule has 146 valence electrons. The van der Waals surface area contributed by atoms with Crippen LogP contribution >= 0.6 is 11.3 Å². The molecule has 6 nitrogen and oxygen atoms in total. The SMILES string of the molecule is Cc1ccc(-n2nnnc2-c2cnc(-c3cccs3)nc2-c2ccccc2F)cc1. The topological polar surface area (TPSA) is 69.4 Å². The molecule has 0 N–H and O–H groups in total. The van der Waals surface area contributed by atoms with Crippen LogP contribution in [-0.4, -0.2) is 30.2 Å². The van der Waals surface area contributed by atoms with Crippen LogP contribution in [-0.2, 0) is 0 Å². The van der Waals surface area contributed by atoms with Gasteiger partial charge < -0.3 is 0 Å². The zero-order chi connectivity index (χ0) is 20.5. The second kappa shape index (κ2) is 7.57. The number of hydrogen-bond acceptors (Lipinski definition) is 6. The highest BCUT2D eigenvalue weighted by atomic mass is 32.1. The standard InChI is InChI=1S/C22H15FN6S/c1-14-8-10-15(11-9-14)29-22(26-27-28-29)17-13-24-21(19-7-4-12-30-19)25-20(17)16-5-2-3-6-18(16)23/h2-13H,1H3. The number of aromatic nitrogens is 6. The maximum atomic E-state index is 14.7. The van der Waals surface area contributed by atoms with Crippen molar-refractivity contribution in [2.75, 3.05) is 0 Å². The molecule has 0 fully saturated rings. The van der Waals surface area contributed by atoms with Crippen molar-refractivity contribution in [1.29, 1.82) is 0 Å². The molecule has 0 amide bonds. The Morgan fingerprint density at radius 2 is 1.77 bits per heavy atom. The number of tetrazole rings is 1. The predicted molar refractivity (Wildman–Crippen MR) is 114 cm³/mol. The fourth-order valence-corrected chi connectivity index (χ4v) is 3.81. The van der Waals surface area contributed by atoms with E-state index in [0.717, 1.165) is 16.1 Å². The Kier molecular flexibility index (Phi) is 4.61. The van der Waals surface area contributed by atoms with Crippen LogP contribution in [0.15, 0.2) is 72.2 Å². The largest absolute Gasteiger partial charge is 0.235 e. The highest BCUT2D eigenvalue weighted by Gasteiger charge is 2.21. The molecule has 5 aromatic rings. The monoisotopic (exact) mass is 414 g/mol. The average molecular weight is 414 g/mol. The maximum Gasteiger partial charge on any atom is 0.190 e. The first kappa shape index (κ1) is 18.3. The van der Waals surface area contributed by atoms with Crippen LogP contribution in [0.4, 0.5) is 4.39 Å². The second-order valence-corrected chi connectivity index (χ2v) is 7.61. The van der Waals surface area contributed by atoms with Crippen LogP contribution in [0.3, 0.4) is 0 Å². The summed E-state index contributed by atoms with van der Waals surface area (Å²) in [6, 6.07) is 18.2. The first-order chi connectivity index (χ1) is 14.7. The third kappa shape index (κ3) is 3.27. The number of benzene rings is 2. The van der Waals surface area contributed by atoms with E-state index in [4.69, 9.17) is 4.98 Å². The molecule has 0 saturated carbocycles. The summed E-state index contributed by atoms with van der Waals surface area (Å²) in [6.07, 6.45) is 1.65. The summed E-state index contributed by atoms with van der Waals surface area (Å²) in [5.41, 5.74) is 3.28. The summed E-state index contributed by atoms with van der Waals surface area (Å²) in [4.78, 5) is 10.1. The van der Waals surface area contributed by atoms with E-state index in [1.165, 1.54) is 17.4 Å². The lowest BCUT2D eigenvalue weighted by atomic mass is 10.1. The number of halogens is 1. The van der Waals surface area contributed by atoms with Crippen molar-refractivity contribution < 1.29 is 4.39 Å². The molecule has 30 heavy (non-hydrogen) atoms. The molecule has 2 aromatic carbocycles. The predicted octanol–water partition coefficient (Wildman–Crippen LogP) is 4.96. The summed E-state index contributed by atoms with van der Waals surface area (Å²) < 4.78 is 16.3. The lowest BCUT2D eigenvalue weighted by molar-refractivity contribution is 0.630. The molecule has 0 bridgehead atoms. The molecule has 0 aliphatic heterocycles. The van der Waals surface area contributed by atoms with Crippen molar-refractivity contribution in [2.24, 2.45) is 0 Å². The molecule has 0 spiro atoms.